The number of benzene rings is 2. The summed E-state index contributed by atoms with van der Waals surface area (Å²) >= 11 is 0. The van der Waals surface area contributed by atoms with Crippen LogP contribution in [0.15, 0.2) is 48.7 Å². The van der Waals surface area contributed by atoms with E-state index in [1.165, 1.54) is 17.0 Å². The van der Waals surface area contributed by atoms with Gasteiger partial charge in [0.1, 0.15) is 34.8 Å². The number of carbonyl (C=O) groups is 1. The number of nitrogens with one attached hydrogen (secondary N) is 1. The fraction of sp³-hybridized carbons (Fsp3) is 0.182. The van der Waals surface area contributed by atoms with Gasteiger partial charge in [-0.3, -0.25) is 9.36 Å². The van der Waals surface area contributed by atoms with Crippen LogP contribution in [0.1, 0.15) is 19.7 Å². The Balaban J connectivity index is 1.79. The maximum absolute atomic E-state index is 13.7. The topological polar surface area (TPSA) is 76.2 Å². The molecule has 0 spiro atoms. The van der Waals surface area contributed by atoms with Crippen LogP contribution < -0.4 is 11.1 Å². The molecule has 0 aliphatic carbocycles. The third kappa shape index (κ3) is 4.17. The summed E-state index contributed by atoms with van der Waals surface area (Å²) in [5, 5.41) is 3.00. The summed E-state index contributed by atoms with van der Waals surface area (Å²) in [6.45, 7) is 3.36. The highest BCUT2D eigenvalue weighted by Gasteiger charge is 2.30. The van der Waals surface area contributed by atoms with Crippen molar-refractivity contribution in [3.63, 3.8) is 0 Å². The number of fused-ring (bicyclic) bond motifs is 1. The van der Waals surface area contributed by atoms with Gasteiger partial charge < -0.3 is 16.0 Å². The van der Waals surface area contributed by atoms with E-state index < -0.39 is 23.0 Å². The van der Waals surface area contributed by atoms with Crippen LogP contribution in [0, 0.1) is 17.5 Å². The first kappa shape index (κ1) is 20.7. The minimum atomic E-state index is -1.07. The number of anilines is 2. The minimum absolute atomic E-state index is 0.142. The van der Waals surface area contributed by atoms with E-state index in [4.69, 9.17) is 5.73 Å². The Hall–Kier alpha value is -3.59. The second-order valence-corrected chi connectivity index (χ2v) is 7.84. The first-order valence-electron chi connectivity index (χ1n) is 9.50. The first-order chi connectivity index (χ1) is 14.6. The lowest BCUT2D eigenvalue weighted by atomic mass is 10.1. The van der Waals surface area contributed by atoms with Gasteiger partial charge in [-0.15, -0.1) is 0 Å². The summed E-state index contributed by atoms with van der Waals surface area (Å²) in [6.07, 6.45) is 3.18. The molecule has 0 bridgehead atoms. The number of aromatic nitrogens is 2. The molecule has 0 saturated carbocycles. The molecule has 1 aromatic heterocycles. The van der Waals surface area contributed by atoms with E-state index in [0.29, 0.717) is 22.9 Å². The van der Waals surface area contributed by atoms with E-state index in [2.05, 4.69) is 10.3 Å². The minimum Gasteiger partial charge on any atom is -0.339 e. The zero-order valence-electron chi connectivity index (χ0n) is 16.9. The van der Waals surface area contributed by atoms with Gasteiger partial charge in [0.05, 0.1) is 12.1 Å². The zero-order chi connectivity index (χ0) is 22.3. The lowest BCUT2D eigenvalue weighted by Gasteiger charge is -2.28. The van der Waals surface area contributed by atoms with E-state index in [1.807, 2.05) is 0 Å². The fourth-order valence-electron chi connectivity index (χ4n) is 3.30. The maximum Gasteiger partial charge on any atom is 0.246 e. The van der Waals surface area contributed by atoms with E-state index in [1.54, 1.807) is 42.9 Å². The first-order valence-corrected chi connectivity index (χ1v) is 9.50. The SMILES string of the molecule is CC(C)(N)C(=O)N1C=Cn2c(nc(-c3ccc(F)cc3)c2Nc2cc(F)cc(F)c2)C1. The van der Waals surface area contributed by atoms with Crippen molar-refractivity contribution in [1.82, 2.24) is 14.5 Å². The molecule has 160 valence electrons. The van der Waals surface area contributed by atoms with Crippen molar-refractivity contribution in [2.45, 2.75) is 25.9 Å². The third-order valence-corrected chi connectivity index (χ3v) is 4.75. The van der Waals surface area contributed by atoms with Gasteiger partial charge in [0.25, 0.3) is 0 Å². The van der Waals surface area contributed by atoms with E-state index in [9.17, 15) is 18.0 Å². The highest BCUT2D eigenvalue weighted by atomic mass is 19.1. The normalized spacial score (nSPS) is 13.3. The molecule has 4 rings (SSSR count). The Kier molecular flexibility index (Phi) is 5.06. The molecule has 0 saturated heterocycles. The number of halogens is 3. The van der Waals surface area contributed by atoms with Gasteiger partial charge in [-0.2, -0.15) is 0 Å². The molecule has 1 amide bonds. The molecule has 3 aromatic rings. The highest BCUT2D eigenvalue weighted by Crippen LogP contribution is 2.34. The number of hydrogen-bond donors (Lipinski definition) is 2. The average molecular weight is 427 g/mol. The second-order valence-electron chi connectivity index (χ2n) is 7.84. The van der Waals surface area contributed by atoms with Crippen LogP contribution in [0.4, 0.5) is 24.7 Å². The molecule has 9 heteroatoms. The van der Waals surface area contributed by atoms with E-state index in [-0.39, 0.29) is 18.1 Å². The van der Waals surface area contributed by atoms with Crippen LogP contribution in [0.2, 0.25) is 0 Å². The largest absolute Gasteiger partial charge is 0.339 e. The van der Waals surface area contributed by atoms with Crippen molar-refractivity contribution >= 4 is 23.6 Å². The molecule has 2 heterocycles. The Labute approximate surface area is 176 Å². The molecule has 0 fully saturated rings. The maximum atomic E-state index is 13.7. The number of amides is 1. The van der Waals surface area contributed by atoms with Gasteiger partial charge in [0.2, 0.25) is 5.91 Å². The Bertz CT molecular complexity index is 1160. The standard InChI is InChI=1S/C22H20F3N5O/c1-22(2,26)21(31)29-7-8-30-18(12-29)28-19(13-3-5-14(23)6-4-13)20(30)27-17-10-15(24)9-16(25)11-17/h3-11,27H,12,26H2,1-2H3. The number of hydrogen-bond acceptors (Lipinski definition) is 4. The number of rotatable bonds is 4. The lowest BCUT2D eigenvalue weighted by Crippen LogP contribution is -2.49. The quantitative estimate of drug-likeness (QED) is 0.654. The van der Waals surface area contributed by atoms with Crippen molar-refractivity contribution in [3.05, 3.63) is 71.9 Å². The summed E-state index contributed by atoms with van der Waals surface area (Å²) in [5.41, 5.74) is 6.06. The Morgan fingerprint density at radius 3 is 2.29 bits per heavy atom. The van der Waals surface area contributed by atoms with Crippen LogP contribution in [0.3, 0.4) is 0 Å². The second kappa shape index (κ2) is 7.59. The Morgan fingerprint density at radius 1 is 1.03 bits per heavy atom. The summed E-state index contributed by atoms with van der Waals surface area (Å²) in [5.74, 6) is -1.25. The molecule has 1 aliphatic rings. The smallest absolute Gasteiger partial charge is 0.246 e. The van der Waals surface area contributed by atoms with Crippen LogP contribution in [-0.4, -0.2) is 25.9 Å². The van der Waals surface area contributed by atoms with Gasteiger partial charge >= 0.3 is 0 Å². The molecule has 1 aliphatic heterocycles. The van der Waals surface area contributed by atoms with Crippen LogP contribution in [-0.2, 0) is 11.3 Å². The summed E-state index contributed by atoms with van der Waals surface area (Å²) in [6, 6.07) is 8.76. The molecule has 6 nitrogen and oxygen atoms in total. The average Bonchev–Trinajstić information content (AvgIpc) is 3.04. The van der Waals surface area contributed by atoms with E-state index >= 15 is 0 Å². The van der Waals surface area contributed by atoms with Crippen molar-refractivity contribution in [2.24, 2.45) is 5.73 Å². The van der Waals surface area contributed by atoms with Gasteiger partial charge in [-0.05, 0) is 50.2 Å². The van der Waals surface area contributed by atoms with Gasteiger partial charge in [-0.1, -0.05) is 0 Å². The zero-order valence-corrected chi connectivity index (χ0v) is 16.9. The van der Waals surface area contributed by atoms with Gasteiger partial charge in [0, 0.05) is 29.7 Å². The lowest BCUT2D eigenvalue weighted by molar-refractivity contribution is -0.133. The number of carbonyl (C=O) groups excluding carboxylic acids is 1. The van der Waals surface area contributed by atoms with Crippen molar-refractivity contribution in [1.29, 1.82) is 0 Å². The molecule has 0 radical (unpaired) electrons. The van der Waals surface area contributed by atoms with Gasteiger partial charge in [0.15, 0.2) is 0 Å². The third-order valence-electron chi connectivity index (χ3n) is 4.75. The molecule has 0 atom stereocenters. The number of nitrogens with zero attached hydrogens (tertiary/aromatic N) is 3. The molecule has 31 heavy (non-hydrogen) atoms. The van der Waals surface area contributed by atoms with Crippen molar-refractivity contribution in [2.75, 3.05) is 5.32 Å². The highest BCUT2D eigenvalue weighted by molar-refractivity contribution is 5.87. The van der Waals surface area contributed by atoms with Crippen LogP contribution in [0.25, 0.3) is 17.5 Å². The molecular weight excluding hydrogens is 407 g/mol. The number of imidazole rings is 1. The monoisotopic (exact) mass is 427 g/mol. The number of nitrogens with two attached hydrogens (primary N) is 1. The summed E-state index contributed by atoms with van der Waals surface area (Å²) in [7, 11) is 0. The molecule has 0 unspecified atom stereocenters. The van der Waals surface area contributed by atoms with Crippen LogP contribution >= 0.6 is 0 Å². The van der Waals surface area contributed by atoms with Crippen molar-refractivity contribution < 1.29 is 18.0 Å². The predicted octanol–water partition coefficient (Wildman–Crippen LogP) is 4.22. The molecule has 3 N–H and O–H groups in total. The predicted molar refractivity (Wildman–Crippen MR) is 111 cm³/mol. The summed E-state index contributed by atoms with van der Waals surface area (Å²) in [4.78, 5) is 18.6. The van der Waals surface area contributed by atoms with E-state index in [0.717, 1.165) is 18.2 Å². The van der Waals surface area contributed by atoms with Gasteiger partial charge in [-0.25, -0.2) is 18.2 Å². The summed E-state index contributed by atoms with van der Waals surface area (Å²) < 4.78 is 42.5. The molecular formula is C22H20F3N5O. The van der Waals surface area contributed by atoms with Crippen molar-refractivity contribution in [3.8, 4) is 11.3 Å². The van der Waals surface area contributed by atoms with Crippen LogP contribution in [0.5, 0.6) is 0 Å². The fourth-order valence-corrected chi connectivity index (χ4v) is 3.30. The molecule has 2 aromatic carbocycles. The Morgan fingerprint density at radius 2 is 1.68 bits per heavy atom.